The lowest BCUT2D eigenvalue weighted by Gasteiger charge is -2.22. The van der Waals surface area contributed by atoms with E-state index in [0.29, 0.717) is 17.0 Å². The predicted molar refractivity (Wildman–Crippen MR) is 135 cm³/mol. The molecule has 170 valence electrons. The number of nitrogens with one attached hydrogen (secondary N) is 1. The van der Waals surface area contributed by atoms with Gasteiger partial charge in [-0.1, -0.05) is 57.0 Å². The Labute approximate surface area is 195 Å². The predicted octanol–water partition coefficient (Wildman–Crippen LogP) is 4.87. The lowest BCUT2D eigenvalue weighted by molar-refractivity contribution is -0.113. The summed E-state index contributed by atoms with van der Waals surface area (Å²) in [7, 11) is 0. The van der Waals surface area contributed by atoms with E-state index < -0.39 is 0 Å². The molecule has 0 spiro atoms. The maximum absolute atomic E-state index is 12.5. The average Bonchev–Trinajstić information content (AvgIpc) is 2.81. The van der Waals surface area contributed by atoms with Gasteiger partial charge in [-0.05, 0) is 55.8 Å². The third-order valence-corrected chi connectivity index (χ3v) is 6.69. The summed E-state index contributed by atoms with van der Waals surface area (Å²) in [6.45, 7) is 8.11. The molecule has 1 atom stereocenters. The molecule has 1 aromatic rings. The molecule has 5 nitrogen and oxygen atoms in total. The van der Waals surface area contributed by atoms with Crippen molar-refractivity contribution < 1.29 is 9.59 Å². The number of thioether (sulfide) groups is 1. The summed E-state index contributed by atoms with van der Waals surface area (Å²) in [5, 5.41) is 3.12. The van der Waals surface area contributed by atoms with Crippen LogP contribution >= 0.6 is 11.8 Å². The summed E-state index contributed by atoms with van der Waals surface area (Å²) in [4.78, 5) is 32.1. The van der Waals surface area contributed by atoms with E-state index in [2.05, 4.69) is 29.1 Å². The van der Waals surface area contributed by atoms with Gasteiger partial charge in [-0.3, -0.25) is 9.59 Å². The Morgan fingerprint density at radius 3 is 2.50 bits per heavy atom. The Morgan fingerprint density at radius 1 is 1.09 bits per heavy atom. The third kappa shape index (κ3) is 7.04. The summed E-state index contributed by atoms with van der Waals surface area (Å²) >= 11 is 1.51. The SMILES string of the molecule is CCCCN(CCCC)CCNC(=O)c1ccc(/C=C2/SC3C=CC=CC3=NC2=O)cc1. The lowest BCUT2D eigenvalue weighted by atomic mass is 10.1. The molecule has 1 N–H and O–H groups in total. The molecule has 0 bridgehead atoms. The van der Waals surface area contributed by atoms with Crippen LogP contribution in [-0.2, 0) is 4.79 Å². The van der Waals surface area contributed by atoms with Gasteiger partial charge < -0.3 is 10.2 Å². The number of allylic oxidation sites excluding steroid dienone is 3. The second-order valence-electron chi connectivity index (χ2n) is 8.06. The van der Waals surface area contributed by atoms with Crippen molar-refractivity contribution in [3.05, 3.63) is 64.6 Å². The van der Waals surface area contributed by atoms with Gasteiger partial charge in [0.1, 0.15) is 0 Å². The van der Waals surface area contributed by atoms with Crippen molar-refractivity contribution >= 4 is 35.4 Å². The quantitative estimate of drug-likeness (QED) is 0.488. The van der Waals surface area contributed by atoms with Gasteiger partial charge in [0, 0.05) is 18.7 Å². The summed E-state index contributed by atoms with van der Waals surface area (Å²) in [5.74, 6) is -0.273. The number of aliphatic imine (C=N–C) groups is 1. The van der Waals surface area contributed by atoms with Crippen molar-refractivity contribution in [3.8, 4) is 0 Å². The average molecular weight is 452 g/mol. The van der Waals surface area contributed by atoms with E-state index in [0.717, 1.165) is 30.9 Å². The first-order valence-corrected chi connectivity index (χ1v) is 12.5. The monoisotopic (exact) mass is 451 g/mol. The van der Waals surface area contributed by atoms with E-state index in [1.807, 2.05) is 54.6 Å². The van der Waals surface area contributed by atoms with Crippen LogP contribution in [0.1, 0.15) is 55.5 Å². The maximum atomic E-state index is 12.5. The highest BCUT2D eigenvalue weighted by molar-refractivity contribution is 8.05. The van der Waals surface area contributed by atoms with Crippen molar-refractivity contribution in [3.63, 3.8) is 0 Å². The Morgan fingerprint density at radius 2 is 1.81 bits per heavy atom. The zero-order chi connectivity index (χ0) is 22.8. The minimum atomic E-state index is -0.210. The molecular formula is C26H33N3O2S. The number of carbonyl (C=O) groups excluding carboxylic acids is 2. The molecule has 0 saturated carbocycles. The number of nitrogens with zero attached hydrogens (tertiary/aromatic N) is 2. The van der Waals surface area contributed by atoms with Crippen LogP contribution in [-0.4, -0.2) is 53.9 Å². The molecule has 0 aromatic heterocycles. The number of hydrogen-bond donors (Lipinski definition) is 1. The number of rotatable bonds is 11. The second kappa shape index (κ2) is 12.6. The first-order valence-electron chi connectivity index (χ1n) is 11.6. The molecule has 1 heterocycles. The zero-order valence-corrected chi connectivity index (χ0v) is 19.9. The van der Waals surface area contributed by atoms with Gasteiger partial charge in [-0.25, -0.2) is 4.99 Å². The lowest BCUT2D eigenvalue weighted by Crippen LogP contribution is -2.36. The van der Waals surface area contributed by atoms with Crippen LogP contribution in [0.3, 0.4) is 0 Å². The maximum Gasteiger partial charge on any atom is 0.283 e. The Hall–Kier alpha value is -2.44. The van der Waals surface area contributed by atoms with Gasteiger partial charge in [-0.15, -0.1) is 11.8 Å². The molecule has 2 aliphatic rings. The molecule has 6 heteroatoms. The topological polar surface area (TPSA) is 61.8 Å². The Balaban J connectivity index is 1.53. The van der Waals surface area contributed by atoms with Crippen molar-refractivity contribution in [2.24, 2.45) is 4.99 Å². The number of hydrogen-bond acceptors (Lipinski definition) is 4. The Kier molecular flexibility index (Phi) is 9.50. The number of unbranched alkanes of at least 4 members (excludes halogenated alkanes) is 2. The van der Waals surface area contributed by atoms with Gasteiger partial charge >= 0.3 is 0 Å². The summed E-state index contributed by atoms with van der Waals surface area (Å²) < 4.78 is 0. The number of amides is 2. The molecule has 32 heavy (non-hydrogen) atoms. The minimum absolute atomic E-state index is 0.0633. The molecular weight excluding hydrogens is 418 g/mol. The molecule has 1 aliphatic heterocycles. The molecule has 0 fully saturated rings. The summed E-state index contributed by atoms with van der Waals surface area (Å²) in [6.07, 6.45) is 14.4. The van der Waals surface area contributed by atoms with E-state index in [9.17, 15) is 9.59 Å². The highest BCUT2D eigenvalue weighted by Crippen LogP contribution is 2.32. The summed E-state index contributed by atoms with van der Waals surface area (Å²) in [5.41, 5.74) is 2.32. The molecule has 3 rings (SSSR count). The van der Waals surface area contributed by atoms with Gasteiger partial charge in [0.05, 0.1) is 15.9 Å². The van der Waals surface area contributed by atoms with Crippen LogP contribution in [0.2, 0.25) is 0 Å². The smallest absolute Gasteiger partial charge is 0.283 e. The molecule has 0 saturated heterocycles. The first kappa shape index (κ1) is 24.2. The second-order valence-corrected chi connectivity index (χ2v) is 9.24. The van der Waals surface area contributed by atoms with Gasteiger partial charge in [0.2, 0.25) is 0 Å². The van der Waals surface area contributed by atoms with Gasteiger partial charge in [0.25, 0.3) is 11.8 Å². The standard InChI is InChI=1S/C26H33N3O2S/c1-3-5-16-29(17-6-4-2)18-15-27-25(30)21-13-11-20(12-14-21)19-24-26(31)28-22-9-7-8-10-23(22)32-24/h7-14,19,23H,3-6,15-18H2,1-2H3,(H,27,30)/b24-19+. The van der Waals surface area contributed by atoms with Crippen LogP contribution in [0, 0.1) is 0 Å². The van der Waals surface area contributed by atoms with Gasteiger partial charge in [-0.2, -0.15) is 0 Å². The van der Waals surface area contributed by atoms with Crippen LogP contribution in [0.5, 0.6) is 0 Å². The van der Waals surface area contributed by atoms with Crippen LogP contribution < -0.4 is 5.32 Å². The largest absolute Gasteiger partial charge is 0.351 e. The number of carbonyl (C=O) groups is 2. The zero-order valence-electron chi connectivity index (χ0n) is 19.0. The van der Waals surface area contributed by atoms with E-state index >= 15 is 0 Å². The fraction of sp³-hybridized carbons (Fsp3) is 0.423. The fourth-order valence-corrected chi connectivity index (χ4v) is 4.62. The molecule has 1 unspecified atom stereocenters. The molecule has 2 amide bonds. The number of fused-ring (bicyclic) bond motifs is 1. The normalized spacial score (nSPS) is 18.7. The molecule has 1 aliphatic carbocycles. The summed E-state index contributed by atoms with van der Waals surface area (Å²) in [6, 6.07) is 7.37. The van der Waals surface area contributed by atoms with Gasteiger partial charge in [0.15, 0.2) is 0 Å². The number of benzene rings is 1. The van der Waals surface area contributed by atoms with Crippen molar-refractivity contribution in [2.75, 3.05) is 26.2 Å². The minimum Gasteiger partial charge on any atom is -0.351 e. The molecule has 0 radical (unpaired) electrons. The van der Waals surface area contributed by atoms with E-state index in [1.54, 1.807) is 0 Å². The van der Waals surface area contributed by atoms with Crippen LogP contribution in [0.15, 0.2) is 58.5 Å². The van der Waals surface area contributed by atoms with Crippen molar-refractivity contribution in [1.82, 2.24) is 10.2 Å². The van der Waals surface area contributed by atoms with Crippen LogP contribution in [0.25, 0.3) is 6.08 Å². The van der Waals surface area contributed by atoms with E-state index in [4.69, 9.17) is 0 Å². The van der Waals surface area contributed by atoms with Crippen molar-refractivity contribution in [1.29, 1.82) is 0 Å². The highest BCUT2D eigenvalue weighted by Gasteiger charge is 2.25. The van der Waals surface area contributed by atoms with Crippen LogP contribution in [0.4, 0.5) is 0 Å². The van der Waals surface area contributed by atoms with Crippen molar-refractivity contribution in [2.45, 2.75) is 44.8 Å². The van der Waals surface area contributed by atoms with E-state index in [1.165, 1.54) is 37.4 Å². The third-order valence-electron chi connectivity index (χ3n) is 5.49. The van der Waals surface area contributed by atoms with E-state index in [-0.39, 0.29) is 17.1 Å². The first-order chi connectivity index (χ1) is 15.6. The highest BCUT2D eigenvalue weighted by atomic mass is 32.2. The fourth-order valence-electron chi connectivity index (χ4n) is 3.58. The Bertz CT molecular complexity index is 908. The molecule has 1 aromatic carbocycles.